The molecule has 4 rings (SSSR count). The predicted molar refractivity (Wildman–Crippen MR) is 85.5 cm³/mol. The first-order chi connectivity index (χ1) is 11.8. The van der Waals surface area contributed by atoms with Gasteiger partial charge in [-0.05, 0) is 18.9 Å². The molecule has 8 nitrogen and oxygen atoms in total. The molecule has 1 aliphatic heterocycles. The maximum Gasteiger partial charge on any atom is 0.255 e. The molecule has 3 heterocycles. The van der Waals surface area contributed by atoms with Crippen LogP contribution in [0.4, 0.5) is 0 Å². The van der Waals surface area contributed by atoms with Gasteiger partial charge < -0.3 is 14.4 Å². The molecule has 2 fully saturated rings. The maximum atomic E-state index is 13.1. The Hall–Kier alpha value is -2.06. The Labute approximate surface area is 139 Å². The van der Waals surface area contributed by atoms with E-state index in [1.54, 1.807) is 19.4 Å². The number of carbonyl (C=O) groups excluding carboxylic acids is 1. The zero-order valence-electron chi connectivity index (χ0n) is 13.6. The summed E-state index contributed by atoms with van der Waals surface area (Å²) in [5.41, 5.74) is 1.65. The Balaban J connectivity index is 1.60. The number of H-pyrrole nitrogens is 1. The molecular formula is C16H21N5O3. The molecule has 2 aliphatic rings. The fraction of sp³-hybridized carbons (Fsp3) is 0.625. The fourth-order valence-electron chi connectivity index (χ4n) is 3.94. The number of pyridine rings is 1. The predicted octanol–water partition coefficient (Wildman–Crippen LogP) is 1.01. The van der Waals surface area contributed by atoms with Gasteiger partial charge in [0.2, 0.25) is 5.65 Å². The van der Waals surface area contributed by atoms with Gasteiger partial charge in [-0.1, -0.05) is 6.42 Å². The van der Waals surface area contributed by atoms with Gasteiger partial charge in [0, 0.05) is 25.8 Å². The van der Waals surface area contributed by atoms with Crippen molar-refractivity contribution in [3.8, 4) is 0 Å². The second-order valence-electron chi connectivity index (χ2n) is 6.40. The average molecular weight is 331 g/mol. The van der Waals surface area contributed by atoms with Crippen LogP contribution in [0.1, 0.15) is 29.6 Å². The van der Waals surface area contributed by atoms with Crippen molar-refractivity contribution >= 4 is 17.1 Å². The van der Waals surface area contributed by atoms with Crippen LogP contribution in [0.25, 0.3) is 11.2 Å². The molecular weight excluding hydrogens is 310 g/mol. The molecule has 8 heteroatoms. The van der Waals surface area contributed by atoms with E-state index in [1.165, 1.54) is 0 Å². The highest BCUT2D eigenvalue weighted by Crippen LogP contribution is 2.34. The van der Waals surface area contributed by atoms with Gasteiger partial charge in [-0.15, -0.1) is 5.10 Å². The lowest BCUT2D eigenvalue weighted by molar-refractivity contribution is -0.0460. The third-order valence-electron chi connectivity index (χ3n) is 5.15. The van der Waals surface area contributed by atoms with Crippen molar-refractivity contribution in [2.75, 3.05) is 26.9 Å². The SMILES string of the molecule is COC1CCCC1C1COCCN1C(=O)c1cnc2n[nH]nc2c1. The van der Waals surface area contributed by atoms with E-state index in [1.807, 2.05) is 4.90 Å². The van der Waals surface area contributed by atoms with E-state index in [2.05, 4.69) is 20.4 Å². The molecule has 2 aromatic rings. The third kappa shape index (κ3) is 2.65. The van der Waals surface area contributed by atoms with E-state index in [9.17, 15) is 4.79 Å². The fourth-order valence-corrected chi connectivity index (χ4v) is 3.94. The molecule has 0 radical (unpaired) electrons. The summed E-state index contributed by atoms with van der Waals surface area (Å²) in [7, 11) is 1.75. The molecule has 3 atom stereocenters. The summed E-state index contributed by atoms with van der Waals surface area (Å²) in [5, 5.41) is 10.5. The van der Waals surface area contributed by atoms with Crippen molar-refractivity contribution in [1.29, 1.82) is 0 Å². The minimum atomic E-state index is -0.0255. The number of aromatic nitrogens is 4. The third-order valence-corrected chi connectivity index (χ3v) is 5.15. The second kappa shape index (κ2) is 6.45. The smallest absolute Gasteiger partial charge is 0.255 e. The van der Waals surface area contributed by atoms with E-state index >= 15 is 0 Å². The normalized spacial score (nSPS) is 27.7. The van der Waals surface area contributed by atoms with Crippen LogP contribution >= 0.6 is 0 Å². The molecule has 1 amide bonds. The Morgan fingerprint density at radius 1 is 1.42 bits per heavy atom. The first-order valence-corrected chi connectivity index (χ1v) is 8.36. The van der Waals surface area contributed by atoms with Gasteiger partial charge in [-0.2, -0.15) is 10.3 Å². The van der Waals surface area contributed by atoms with Crippen molar-refractivity contribution in [3.63, 3.8) is 0 Å². The minimum absolute atomic E-state index is 0.0255. The number of methoxy groups -OCH3 is 1. The van der Waals surface area contributed by atoms with Crippen molar-refractivity contribution in [2.45, 2.75) is 31.4 Å². The number of hydrogen-bond acceptors (Lipinski definition) is 6. The Morgan fingerprint density at radius 3 is 3.21 bits per heavy atom. The summed E-state index contributed by atoms with van der Waals surface area (Å²) in [4.78, 5) is 19.2. The number of ether oxygens (including phenoxy) is 2. The zero-order valence-corrected chi connectivity index (χ0v) is 13.6. The molecule has 1 saturated carbocycles. The number of aromatic amines is 1. The lowest BCUT2D eigenvalue weighted by Crippen LogP contribution is -2.53. The first-order valence-electron chi connectivity index (χ1n) is 8.36. The van der Waals surface area contributed by atoms with Crippen LogP contribution in [0.2, 0.25) is 0 Å². The summed E-state index contributed by atoms with van der Waals surface area (Å²) in [6.45, 7) is 1.72. The van der Waals surface area contributed by atoms with Gasteiger partial charge in [0.25, 0.3) is 5.91 Å². The maximum absolute atomic E-state index is 13.1. The second-order valence-corrected chi connectivity index (χ2v) is 6.40. The molecule has 1 saturated heterocycles. The summed E-state index contributed by atoms with van der Waals surface area (Å²) in [5.74, 6) is 0.297. The van der Waals surface area contributed by atoms with Crippen molar-refractivity contribution in [3.05, 3.63) is 17.8 Å². The highest BCUT2D eigenvalue weighted by Gasteiger charge is 2.40. The number of amides is 1. The molecule has 128 valence electrons. The van der Waals surface area contributed by atoms with Gasteiger partial charge in [-0.3, -0.25) is 4.79 Å². The van der Waals surface area contributed by atoms with Crippen LogP contribution in [0.15, 0.2) is 12.3 Å². The molecule has 1 N–H and O–H groups in total. The largest absolute Gasteiger partial charge is 0.381 e. The van der Waals surface area contributed by atoms with Crippen molar-refractivity contribution < 1.29 is 14.3 Å². The number of carbonyl (C=O) groups is 1. The summed E-state index contributed by atoms with van der Waals surface area (Å²) < 4.78 is 11.3. The van der Waals surface area contributed by atoms with Crippen molar-refractivity contribution in [1.82, 2.24) is 25.3 Å². The monoisotopic (exact) mass is 331 g/mol. The number of nitrogens with one attached hydrogen (secondary N) is 1. The average Bonchev–Trinajstić information content (AvgIpc) is 3.29. The Kier molecular flexibility index (Phi) is 4.15. The van der Waals surface area contributed by atoms with Crippen LogP contribution < -0.4 is 0 Å². The van der Waals surface area contributed by atoms with E-state index in [0.29, 0.717) is 42.4 Å². The lowest BCUT2D eigenvalue weighted by atomic mass is 9.93. The molecule has 0 bridgehead atoms. The lowest BCUT2D eigenvalue weighted by Gasteiger charge is -2.40. The Morgan fingerprint density at radius 2 is 2.33 bits per heavy atom. The summed E-state index contributed by atoms with van der Waals surface area (Å²) >= 11 is 0. The first kappa shape index (κ1) is 15.5. The topological polar surface area (TPSA) is 93.2 Å². The molecule has 1 aliphatic carbocycles. The summed E-state index contributed by atoms with van der Waals surface area (Å²) in [6, 6.07) is 1.79. The summed E-state index contributed by atoms with van der Waals surface area (Å²) in [6.07, 6.45) is 5.02. The number of rotatable bonds is 3. The minimum Gasteiger partial charge on any atom is -0.381 e. The van der Waals surface area contributed by atoms with Crippen LogP contribution in [-0.4, -0.2) is 70.2 Å². The quantitative estimate of drug-likeness (QED) is 0.902. The molecule has 0 spiro atoms. The van der Waals surface area contributed by atoms with Gasteiger partial charge in [0.1, 0.15) is 5.52 Å². The van der Waals surface area contributed by atoms with Gasteiger partial charge in [0.15, 0.2) is 0 Å². The van der Waals surface area contributed by atoms with E-state index in [4.69, 9.17) is 9.47 Å². The highest BCUT2D eigenvalue weighted by atomic mass is 16.5. The standard InChI is InChI=1S/C16H21N5O3/c1-23-14-4-2-3-11(14)13-9-24-6-5-21(13)16(22)10-7-12-15(17-8-10)19-20-18-12/h7-8,11,13-14H,2-6,9H2,1H3,(H,17,18,19,20). The van der Waals surface area contributed by atoms with E-state index in [0.717, 1.165) is 19.3 Å². The molecule has 2 aromatic heterocycles. The Bertz CT molecular complexity index is 733. The van der Waals surface area contributed by atoms with Crippen LogP contribution in [0, 0.1) is 5.92 Å². The van der Waals surface area contributed by atoms with Crippen molar-refractivity contribution in [2.24, 2.45) is 5.92 Å². The van der Waals surface area contributed by atoms with Crippen LogP contribution in [0.3, 0.4) is 0 Å². The number of fused-ring (bicyclic) bond motifs is 1. The van der Waals surface area contributed by atoms with Crippen LogP contribution in [0.5, 0.6) is 0 Å². The highest BCUT2D eigenvalue weighted by molar-refractivity contribution is 5.96. The number of nitrogens with zero attached hydrogens (tertiary/aromatic N) is 4. The van der Waals surface area contributed by atoms with Crippen LogP contribution in [-0.2, 0) is 9.47 Å². The van der Waals surface area contributed by atoms with Gasteiger partial charge in [0.05, 0.1) is 30.9 Å². The van der Waals surface area contributed by atoms with E-state index < -0.39 is 0 Å². The zero-order chi connectivity index (χ0) is 16.5. The van der Waals surface area contributed by atoms with E-state index in [-0.39, 0.29) is 18.1 Å². The molecule has 24 heavy (non-hydrogen) atoms. The number of hydrogen-bond donors (Lipinski definition) is 1. The van der Waals surface area contributed by atoms with Gasteiger partial charge >= 0.3 is 0 Å². The van der Waals surface area contributed by atoms with Gasteiger partial charge in [-0.25, -0.2) is 4.98 Å². The molecule has 3 unspecified atom stereocenters. The molecule has 0 aromatic carbocycles. The number of morpholine rings is 1.